The summed E-state index contributed by atoms with van der Waals surface area (Å²) in [5.41, 5.74) is 1.05. The molecule has 0 aromatic heterocycles. The predicted octanol–water partition coefficient (Wildman–Crippen LogP) is 3.10. The van der Waals surface area contributed by atoms with Crippen molar-refractivity contribution in [3.63, 3.8) is 0 Å². The van der Waals surface area contributed by atoms with Crippen molar-refractivity contribution >= 4 is 23.2 Å². The van der Waals surface area contributed by atoms with Gasteiger partial charge in [-0.3, -0.25) is 0 Å². The molecule has 1 atom stereocenters. The molecule has 1 aromatic rings. The number of hydrogen-bond donors (Lipinski definition) is 2. The van der Waals surface area contributed by atoms with E-state index in [4.69, 9.17) is 23.2 Å². The summed E-state index contributed by atoms with van der Waals surface area (Å²) in [6, 6.07) is 5.97. The first-order chi connectivity index (χ1) is 9.61. The summed E-state index contributed by atoms with van der Waals surface area (Å²) < 4.78 is 0. The van der Waals surface area contributed by atoms with Crippen molar-refractivity contribution in [2.45, 2.75) is 31.4 Å². The minimum Gasteiger partial charge on any atom is -0.393 e. The fourth-order valence-electron chi connectivity index (χ4n) is 2.70. The Labute approximate surface area is 130 Å². The number of aliphatic hydroxyl groups excluding tert-OH is 1. The smallest absolute Gasteiger partial charge is 0.0640 e. The summed E-state index contributed by atoms with van der Waals surface area (Å²) in [6.07, 6.45) is 2.62. The summed E-state index contributed by atoms with van der Waals surface area (Å²) in [5, 5.41) is 14.1. The Morgan fingerprint density at radius 1 is 1.35 bits per heavy atom. The van der Waals surface area contributed by atoms with Crippen molar-refractivity contribution in [1.82, 2.24) is 10.2 Å². The third kappa shape index (κ3) is 4.09. The zero-order chi connectivity index (χ0) is 14.5. The van der Waals surface area contributed by atoms with E-state index in [1.54, 1.807) is 0 Å². The second-order valence-electron chi connectivity index (χ2n) is 5.35. The van der Waals surface area contributed by atoms with Crippen molar-refractivity contribution < 1.29 is 5.11 Å². The van der Waals surface area contributed by atoms with Gasteiger partial charge in [0.1, 0.15) is 0 Å². The van der Waals surface area contributed by atoms with Crippen LogP contribution < -0.4 is 5.32 Å². The zero-order valence-electron chi connectivity index (χ0n) is 11.8. The van der Waals surface area contributed by atoms with E-state index < -0.39 is 0 Å². The molecule has 2 N–H and O–H groups in total. The van der Waals surface area contributed by atoms with E-state index in [0.717, 1.165) is 44.5 Å². The van der Waals surface area contributed by atoms with Crippen LogP contribution in [0.3, 0.4) is 0 Å². The lowest BCUT2D eigenvalue weighted by Crippen LogP contribution is -2.37. The molecule has 1 saturated heterocycles. The summed E-state index contributed by atoms with van der Waals surface area (Å²) in [4.78, 5) is 2.40. The Morgan fingerprint density at radius 3 is 2.70 bits per heavy atom. The monoisotopic (exact) mass is 316 g/mol. The molecule has 0 aliphatic carbocycles. The van der Waals surface area contributed by atoms with Crippen LogP contribution in [0.2, 0.25) is 10.0 Å². The summed E-state index contributed by atoms with van der Waals surface area (Å²) in [5.74, 6) is 0. The van der Waals surface area contributed by atoms with E-state index in [0.29, 0.717) is 10.0 Å². The first-order valence-corrected chi connectivity index (χ1v) is 7.89. The van der Waals surface area contributed by atoms with Crippen molar-refractivity contribution in [2.75, 3.05) is 26.7 Å². The average molecular weight is 317 g/mol. The number of rotatable bonds is 5. The molecule has 3 nitrogen and oxygen atoms in total. The Hall–Kier alpha value is -0.320. The highest BCUT2D eigenvalue weighted by molar-refractivity contribution is 6.42. The average Bonchev–Trinajstić information content (AvgIpc) is 2.45. The van der Waals surface area contributed by atoms with E-state index >= 15 is 0 Å². The summed E-state index contributed by atoms with van der Waals surface area (Å²) in [6.45, 7) is 2.95. The number of hydrogen-bond acceptors (Lipinski definition) is 3. The van der Waals surface area contributed by atoms with Gasteiger partial charge in [-0.2, -0.15) is 0 Å². The molecule has 2 rings (SSSR count). The van der Waals surface area contributed by atoms with Crippen molar-refractivity contribution in [1.29, 1.82) is 0 Å². The van der Waals surface area contributed by atoms with Gasteiger partial charge >= 0.3 is 0 Å². The molecule has 20 heavy (non-hydrogen) atoms. The maximum absolute atomic E-state index is 9.52. The lowest BCUT2D eigenvalue weighted by Gasteiger charge is -2.31. The van der Waals surface area contributed by atoms with Crippen LogP contribution in [0.15, 0.2) is 18.2 Å². The van der Waals surface area contributed by atoms with Crippen LogP contribution in [-0.2, 0) is 0 Å². The quantitative estimate of drug-likeness (QED) is 0.876. The SMILES string of the molecule is CNC(CCN1CCC(O)CC1)c1cccc(Cl)c1Cl. The standard InChI is InChI=1S/C15H22Cl2N2O/c1-18-14(12-3-2-4-13(16)15(12)17)7-10-19-8-5-11(20)6-9-19/h2-4,11,14,18,20H,5-10H2,1H3. The molecule has 1 fully saturated rings. The van der Waals surface area contributed by atoms with Crippen LogP contribution >= 0.6 is 23.2 Å². The Morgan fingerprint density at radius 2 is 2.05 bits per heavy atom. The molecule has 1 aliphatic heterocycles. The molecule has 1 heterocycles. The fraction of sp³-hybridized carbons (Fsp3) is 0.600. The van der Waals surface area contributed by atoms with Crippen LogP contribution in [0.1, 0.15) is 30.9 Å². The van der Waals surface area contributed by atoms with Crippen LogP contribution in [0, 0.1) is 0 Å². The van der Waals surface area contributed by atoms with Crippen molar-refractivity contribution in [2.24, 2.45) is 0 Å². The highest BCUT2D eigenvalue weighted by atomic mass is 35.5. The second kappa shape index (κ2) is 7.62. The number of piperidine rings is 1. The van der Waals surface area contributed by atoms with Crippen LogP contribution in [0.5, 0.6) is 0 Å². The Balaban J connectivity index is 1.94. The molecule has 0 spiro atoms. The fourth-order valence-corrected chi connectivity index (χ4v) is 3.14. The minimum atomic E-state index is -0.117. The molecule has 0 amide bonds. The van der Waals surface area contributed by atoms with Crippen molar-refractivity contribution in [3.8, 4) is 0 Å². The van der Waals surface area contributed by atoms with Crippen molar-refractivity contribution in [3.05, 3.63) is 33.8 Å². The first-order valence-electron chi connectivity index (χ1n) is 7.13. The molecular weight excluding hydrogens is 295 g/mol. The van der Waals surface area contributed by atoms with E-state index in [1.807, 2.05) is 25.2 Å². The minimum absolute atomic E-state index is 0.117. The van der Waals surface area contributed by atoms with Crippen LogP contribution in [0.25, 0.3) is 0 Å². The second-order valence-corrected chi connectivity index (χ2v) is 6.13. The first kappa shape index (κ1) is 16.1. The normalized spacial score (nSPS) is 19.2. The van der Waals surface area contributed by atoms with E-state index in [2.05, 4.69) is 10.2 Å². The molecule has 1 unspecified atom stereocenters. The van der Waals surface area contributed by atoms with Gasteiger partial charge in [0.2, 0.25) is 0 Å². The summed E-state index contributed by atoms with van der Waals surface area (Å²) in [7, 11) is 1.95. The van der Waals surface area contributed by atoms with Gasteiger partial charge in [0, 0.05) is 19.1 Å². The van der Waals surface area contributed by atoms with Gasteiger partial charge in [-0.1, -0.05) is 35.3 Å². The van der Waals surface area contributed by atoms with Gasteiger partial charge in [0.25, 0.3) is 0 Å². The van der Waals surface area contributed by atoms with E-state index in [1.165, 1.54) is 0 Å². The highest BCUT2D eigenvalue weighted by Crippen LogP contribution is 2.31. The largest absolute Gasteiger partial charge is 0.393 e. The topological polar surface area (TPSA) is 35.5 Å². The van der Waals surface area contributed by atoms with E-state index in [9.17, 15) is 5.11 Å². The molecule has 5 heteroatoms. The van der Waals surface area contributed by atoms with Gasteiger partial charge in [0.05, 0.1) is 16.1 Å². The Bertz CT molecular complexity index is 434. The Kier molecular flexibility index (Phi) is 6.12. The molecule has 112 valence electrons. The lowest BCUT2D eigenvalue weighted by molar-refractivity contribution is 0.0807. The highest BCUT2D eigenvalue weighted by Gasteiger charge is 2.19. The van der Waals surface area contributed by atoms with Gasteiger partial charge in [-0.25, -0.2) is 0 Å². The van der Waals surface area contributed by atoms with E-state index in [-0.39, 0.29) is 12.1 Å². The molecule has 1 aromatic carbocycles. The summed E-state index contributed by atoms with van der Waals surface area (Å²) >= 11 is 12.4. The number of benzene rings is 1. The van der Waals surface area contributed by atoms with Gasteiger partial charge in [-0.15, -0.1) is 0 Å². The zero-order valence-corrected chi connectivity index (χ0v) is 13.3. The van der Waals surface area contributed by atoms with Crippen LogP contribution in [-0.4, -0.2) is 42.8 Å². The third-order valence-electron chi connectivity index (χ3n) is 4.00. The van der Waals surface area contributed by atoms with Gasteiger partial charge in [-0.05, 0) is 44.5 Å². The number of likely N-dealkylation sites (tertiary alicyclic amines) is 1. The number of nitrogens with one attached hydrogen (secondary N) is 1. The number of nitrogens with zero attached hydrogens (tertiary/aromatic N) is 1. The molecule has 0 bridgehead atoms. The maximum atomic E-state index is 9.52. The third-order valence-corrected chi connectivity index (χ3v) is 4.83. The molecule has 1 aliphatic rings. The molecule has 0 radical (unpaired) electrons. The molecular formula is C15H22Cl2N2O. The maximum Gasteiger partial charge on any atom is 0.0640 e. The number of aliphatic hydroxyl groups is 1. The lowest BCUT2D eigenvalue weighted by atomic mass is 10.0. The van der Waals surface area contributed by atoms with Gasteiger partial charge in [0.15, 0.2) is 0 Å². The number of halogens is 2. The van der Waals surface area contributed by atoms with Crippen LogP contribution in [0.4, 0.5) is 0 Å². The molecule has 0 saturated carbocycles. The predicted molar refractivity (Wildman–Crippen MR) is 84.6 cm³/mol. The van der Waals surface area contributed by atoms with Gasteiger partial charge < -0.3 is 15.3 Å².